The van der Waals surface area contributed by atoms with Crippen molar-refractivity contribution in [3.63, 3.8) is 0 Å². The highest BCUT2D eigenvalue weighted by atomic mass is 16.4. The molecule has 1 heterocycles. The van der Waals surface area contributed by atoms with Crippen molar-refractivity contribution in [2.24, 2.45) is 17.9 Å². The van der Waals surface area contributed by atoms with E-state index in [0.29, 0.717) is 16.9 Å². The van der Waals surface area contributed by atoms with E-state index in [9.17, 15) is 4.79 Å². The Hall–Kier alpha value is -2.83. The van der Waals surface area contributed by atoms with Crippen molar-refractivity contribution in [1.82, 2.24) is 9.78 Å². The van der Waals surface area contributed by atoms with Gasteiger partial charge in [0.2, 0.25) is 0 Å². The van der Waals surface area contributed by atoms with Gasteiger partial charge in [0.1, 0.15) is 5.69 Å². The third-order valence-corrected chi connectivity index (χ3v) is 3.12. The first kappa shape index (κ1) is 14.6. The fourth-order valence-electron chi connectivity index (χ4n) is 2.17. The van der Waals surface area contributed by atoms with E-state index in [0.717, 1.165) is 11.3 Å². The van der Waals surface area contributed by atoms with E-state index in [1.165, 1.54) is 4.68 Å². The molecule has 1 amide bonds. The van der Waals surface area contributed by atoms with Crippen molar-refractivity contribution in [2.45, 2.75) is 13.8 Å². The maximum atomic E-state index is 12.3. The summed E-state index contributed by atoms with van der Waals surface area (Å²) in [5.41, 5.74) is 8.63. The maximum Gasteiger partial charge on any atom is 0.273 e. The molecule has 0 atom stereocenters. The number of oxime groups is 1. The number of amides is 1. The second-order valence-electron chi connectivity index (χ2n) is 4.73. The molecule has 1 aromatic carbocycles. The average molecular weight is 287 g/mol. The molecule has 4 N–H and O–H groups in total. The van der Waals surface area contributed by atoms with Gasteiger partial charge in [-0.05, 0) is 31.5 Å². The zero-order chi connectivity index (χ0) is 15.6. The van der Waals surface area contributed by atoms with Gasteiger partial charge in [0.25, 0.3) is 5.91 Å². The number of nitrogens with zero attached hydrogens (tertiary/aromatic N) is 3. The first-order valence-electron chi connectivity index (χ1n) is 6.33. The number of carbonyl (C=O) groups excluding carboxylic acids is 1. The SMILES string of the molecule is Cc1cc(C(=O)Nc2cccc(C)c2/C(N)=N/O)n(C)n1. The van der Waals surface area contributed by atoms with Gasteiger partial charge in [0.05, 0.1) is 11.4 Å². The van der Waals surface area contributed by atoms with Crippen LogP contribution in [0.1, 0.15) is 27.3 Å². The Balaban J connectivity index is 2.38. The van der Waals surface area contributed by atoms with Crippen LogP contribution in [0.15, 0.2) is 29.4 Å². The Kier molecular flexibility index (Phi) is 3.93. The summed E-state index contributed by atoms with van der Waals surface area (Å²) in [7, 11) is 1.70. The topological polar surface area (TPSA) is 106 Å². The van der Waals surface area contributed by atoms with Crippen LogP contribution < -0.4 is 11.1 Å². The molecule has 7 nitrogen and oxygen atoms in total. The van der Waals surface area contributed by atoms with Crippen molar-refractivity contribution < 1.29 is 10.0 Å². The van der Waals surface area contributed by atoms with Gasteiger partial charge in [-0.3, -0.25) is 9.48 Å². The van der Waals surface area contributed by atoms with E-state index in [2.05, 4.69) is 15.6 Å². The summed E-state index contributed by atoms with van der Waals surface area (Å²) in [4.78, 5) is 12.3. The molecule has 0 aliphatic heterocycles. The Morgan fingerprint density at radius 1 is 1.43 bits per heavy atom. The van der Waals surface area contributed by atoms with E-state index in [-0.39, 0.29) is 11.7 Å². The van der Waals surface area contributed by atoms with Crippen LogP contribution in [0.5, 0.6) is 0 Å². The number of aryl methyl sites for hydroxylation is 3. The summed E-state index contributed by atoms with van der Waals surface area (Å²) in [6, 6.07) is 6.99. The van der Waals surface area contributed by atoms with Crippen LogP contribution in [-0.4, -0.2) is 26.7 Å². The van der Waals surface area contributed by atoms with Crippen LogP contribution in [0.4, 0.5) is 5.69 Å². The molecule has 1 aromatic heterocycles. The molecule has 0 aliphatic rings. The van der Waals surface area contributed by atoms with E-state index >= 15 is 0 Å². The van der Waals surface area contributed by atoms with Crippen molar-refractivity contribution in [3.05, 3.63) is 46.8 Å². The van der Waals surface area contributed by atoms with E-state index < -0.39 is 0 Å². The normalized spacial score (nSPS) is 11.5. The fraction of sp³-hybridized carbons (Fsp3) is 0.214. The van der Waals surface area contributed by atoms with Crippen LogP contribution in [-0.2, 0) is 7.05 Å². The van der Waals surface area contributed by atoms with Crippen LogP contribution in [0.3, 0.4) is 0 Å². The number of carbonyl (C=O) groups is 1. The second-order valence-corrected chi connectivity index (χ2v) is 4.73. The zero-order valence-corrected chi connectivity index (χ0v) is 12.1. The van der Waals surface area contributed by atoms with E-state index in [4.69, 9.17) is 10.9 Å². The van der Waals surface area contributed by atoms with Gasteiger partial charge < -0.3 is 16.3 Å². The standard InChI is InChI=1S/C14H17N5O2/c1-8-5-4-6-10(12(8)13(15)18-21)16-14(20)11-7-9(2)17-19(11)3/h4-7,21H,1-3H3,(H2,15,18)(H,16,20). The summed E-state index contributed by atoms with van der Waals surface area (Å²) < 4.78 is 1.50. The molecular formula is C14H17N5O2. The summed E-state index contributed by atoms with van der Waals surface area (Å²) in [5.74, 6) is -0.361. The van der Waals surface area contributed by atoms with Crippen molar-refractivity contribution in [1.29, 1.82) is 0 Å². The minimum Gasteiger partial charge on any atom is -0.409 e. The Morgan fingerprint density at radius 2 is 2.14 bits per heavy atom. The Labute approximate surface area is 122 Å². The third kappa shape index (κ3) is 2.86. The molecule has 0 spiro atoms. The van der Waals surface area contributed by atoms with Crippen LogP contribution in [0.2, 0.25) is 0 Å². The minimum absolute atomic E-state index is 0.0513. The van der Waals surface area contributed by atoms with Gasteiger partial charge in [-0.15, -0.1) is 0 Å². The van der Waals surface area contributed by atoms with Crippen molar-refractivity contribution >= 4 is 17.4 Å². The smallest absolute Gasteiger partial charge is 0.273 e. The first-order chi connectivity index (χ1) is 9.93. The number of nitrogens with two attached hydrogens (primary N) is 1. The summed E-state index contributed by atoms with van der Waals surface area (Å²) >= 11 is 0. The summed E-state index contributed by atoms with van der Waals surface area (Å²) in [6.45, 7) is 3.63. The van der Waals surface area contributed by atoms with Crippen molar-refractivity contribution in [2.75, 3.05) is 5.32 Å². The number of hydrogen-bond donors (Lipinski definition) is 3. The number of aromatic nitrogens is 2. The van der Waals surface area contributed by atoms with Gasteiger partial charge in [-0.25, -0.2) is 0 Å². The first-order valence-corrected chi connectivity index (χ1v) is 6.33. The van der Waals surface area contributed by atoms with E-state index in [1.54, 1.807) is 25.2 Å². The van der Waals surface area contributed by atoms with Gasteiger partial charge >= 0.3 is 0 Å². The monoisotopic (exact) mass is 287 g/mol. The molecule has 7 heteroatoms. The Morgan fingerprint density at radius 3 is 2.71 bits per heavy atom. The molecule has 2 aromatic rings. The van der Waals surface area contributed by atoms with Crippen LogP contribution in [0.25, 0.3) is 0 Å². The third-order valence-electron chi connectivity index (χ3n) is 3.12. The lowest BCUT2D eigenvalue weighted by atomic mass is 10.1. The number of anilines is 1. The molecule has 21 heavy (non-hydrogen) atoms. The molecule has 0 radical (unpaired) electrons. The lowest BCUT2D eigenvalue weighted by molar-refractivity contribution is 0.101. The highest BCUT2D eigenvalue weighted by Crippen LogP contribution is 2.20. The molecular weight excluding hydrogens is 270 g/mol. The average Bonchev–Trinajstić information content (AvgIpc) is 2.77. The van der Waals surface area contributed by atoms with Crippen LogP contribution in [0, 0.1) is 13.8 Å². The summed E-state index contributed by atoms with van der Waals surface area (Å²) in [6.07, 6.45) is 0. The number of amidine groups is 1. The molecule has 0 bridgehead atoms. The zero-order valence-electron chi connectivity index (χ0n) is 12.1. The number of benzene rings is 1. The van der Waals surface area contributed by atoms with Gasteiger partial charge in [0, 0.05) is 12.6 Å². The number of nitrogens with one attached hydrogen (secondary N) is 1. The predicted octanol–water partition coefficient (Wildman–Crippen LogP) is 1.38. The quantitative estimate of drug-likeness (QED) is 0.343. The van der Waals surface area contributed by atoms with E-state index in [1.807, 2.05) is 19.9 Å². The number of hydrogen-bond acceptors (Lipinski definition) is 4. The number of rotatable bonds is 3. The second kappa shape index (κ2) is 5.66. The lowest BCUT2D eigenvalue weighted by Gasteiger charge is -2.12. The van der Waals surface area contributed by atoms with Gasteiger partial charge in [0.15, 0.2) is 5.84 Å². The summed E-state index contributed by atoms with van der Waals surface area (Å²) in [5, 5.41) is 18.8. The minimum atomic E-state index is -0.310. The molecule has 0 saturated heterocycles. The van der Waals surface area contributed by atoms with Gasteiger partial charge in [-0.1, -0.05) is 17.3 Å². The predicted molar refractivity (Wildman–Crippen MR) is 79.6 cm³/mol. The van der Waals surface area contributed by atoms with Gasteiger partial charge in [-0.2, -0.15) is 5.10 Å². The molecule has 0 fully saturated rings. The van der Waals surface area contributed by atoms with Crippen molar-refractivity contribution in [3.8, 4) is 0 Å². The van der Waals surface area contributed by atoms with Crippen LogP contribution >= 0.6 is 0 Å². The largest absolute Gasteiger partial charge is 0.409 e. The molecule has 110 valence electrons. The Bertz CT molecular complexity index is 718. The molecule has 2 rings (SSSR count). The molecule has 0 unspecified atom stereocenters. The fourth-order valence-corrected chi connectivity index (χ4v) is 2.17. The maximum absolute atomic E-state index is 12.3. The lowest BCUT2D eigenvalue weighted by Crippen LogP contribution is -2.21. The molecule has 0 saturated carbocycles. The highest BCUT2D eigenvalue weighted by molar-refractivity contribution is 6.10. The highest BCUT2D eigenvalue weighted by Gasteiger charge is 2.16. The molecule has 0 aliphatic carbocycles.